The van der Waals surface area contributed by atoms with Crippen molar-refractivity contribution in [2.75, 3.05) is 6.67 Å². The molecule has 0 aliphatic heterocycles. The largest absolute Gasteiger partial charge is 0.404 e. The maximum absolute atomic E-state index is 14.2. The van der Waals surface area contributed by atoms with Crippen LogP contribution in [0.1, 0.15) is 38.5 Å². The molecule has 1 atom stereocenters. The Bertz CT molecular complexity index is 452. The molecule has 2 aliphatic carbocycles. The van der Waals surface area contributed by atoms with E-state index >= 15 is 0 Å². The second-order valence-electron chi connectivity index (χ2n) is 6.07. The van der Waals surface area contributed by atoms with E-state index in [1.54, 1.807) is 6.08 Å². The van der Waals surface area contributed by atoms with Gasteiger partial charge in [0.2, 0.25) is 0 Å². The standard InChI is InChI=1S/C17H21F5/c18-12-4-2-5-13-7-9-14(10-8-13)16(17(20,21)22)11-3-1-6-15(16)19/h2-3,5-6,11,13-14H,1,4,7-10,12H2/b5-2+. The summed E-state index contributed by atoms with van der Waals surface area (Å²) in [6.07, 6.45) is 4.87. The Morgan fingerprint density at radius 1 is 1.18 bits per heavy atom. The average Bonchev–Trinajstić information content (AvgIpc) is 2.48. The molecule has 0 nitrogen and oxygen atoms in total. The van der Waals surface area contributed by atoms with Crippen LogP contribution in [0.2, 0.25) is 0 Å². The van der Waals surface area contributed by atoms with Crippen LogP contribution in [0.4, 0.5) is 22.0 Å². The minimum Gasteiger partial charge on any atom is -0.251 e. The molecule has 0 aromatic rings. The van der Waals surface area contributed by atoms with E-state index in [4.69, 9.17) is 0 Å². The van der Waals surface area contributed by atoms with Crippen molar-refractivity contribution in [1.82, 2.24) is 0 Å². The van der Waals surface area contributed by atoms with Crippen LogP contribution in [0.3, 0.4) is 0 Å². The zero-order valence-corrected chi connectivity index (χ0v) is 12.4. The fourth-order valence-corrected chi connectivity index (χ4v) is 3.59. The van der Waals surface area contributed by atoms with Crippen LogP contribution in [0.5, 0.6) is 0 Å². The van der Waals surface area contributed by atoms with E-state index in [1.165, 1.54) is 6.08 Å². The fourth-order valence-electron chi connectivity index (χ4n) is 3.59. The molecule has 1 saturated carbocycles. The van der Waals surface area contributed by atoms with Gasteiger partial charge in [-0.2, -0.15) is 13.2 Å². The summed E-state index contributed by atoms with van der Waals surface area (Å²) in [6.45, 7) is -0.427. The quantitative estimate of drug-likeness (QED) is 0.435. The van der Waals surface area contributed by atoms with Crippen molar-refractivity contribution in [2.45, 2.75) is 44.7 Å². The Balaban J connectivity index is 2.11. The van der Waals surface area contributed by atoms with Gasteiger partial charge >= 0.3 is 6.18 Å². The maximum Gasteiger partial charge on any atom is 0.404 e. The van der Waals surface area contributed by atoms with Gasteiger partial charge < -0.3 is 0 Å². The van der Waals surface area contributed by atoms with Crippen molar-refractivity contribution in [3.63, 3.8) is 0 Å². The van der Waals surface area contributed by atoms with Crippen LogP contribution in [0.25, 0.3) is 0 Å². The Labute approximate surface area is 127 Å². The molecular weight excluding hydrogens is 299 g/mol. The molecule has 0 aromatic carbocycles. The van der Waals surface area contributed by atoms with E-state index in [0.29, 0.717) is 32.1 Å². The van der Waals surface area contributed by atoms with Gasteiger partial charge in [0.15, 0.2) is 0 Å². The third-order valence-electron chi connectivity index (χ3n) is 4.78. The SMILES string of the molecule is FCC/C=C/C1CCC(C2(C(F)(F)F)C=CCC=C2F)CC1. The van der Waals surface area contributed by atoms with Crippen molar-refractivity contribution >= 4 is 0 Å². The van der Waals surface area contributed by atoms with Gasteiger partial charge in [-0.15, -0.1) is 0 Å². The molecule has 0 bridgehead atoms. The van der Waals surface area contributed by atoms with Crippen LogP contribution < -0.4 is 0 Å². The Morgan fingerprint density at radius 3 is 2.41 bits per heavy atom. The number of alkyl halides is 4. The monoisotopic (exact) mass is 320 g/mol. The van der Waals surface area contributed by atoms with Gasteiger partial charge in [0.25, 0.3) is 0 Å². The highest BCUT2D eigenvalue weighted by molar-refractivity contribution is 5.27. The van der Waals surface area contributed by atoms with Gasteiger partial charge in [-0.25, -0.2) is 4.39 Å². The molecule has 0 amide bonds. The van der Waals surface area contributed by atoms with Crippen molar-refractivity contribution in [3.05, 3.63) is 36.2 Å². The molecule has 5 heteroatoms. The van der Waals surface area contributed by atoms with E-state index in [2.05, 4.69) is 0 Å². The molecule has 0 spiro atoms. The van der Waals surface area contributed by atoms with Gasteiger partial charge in [0.1, 0.15) is 11.2 Å². The van der Waals surface area contributed by atoms with Crippen LogP contribution in [0, 0.1) is 17.3 Å². The normalized spacial score (nSPS) is 33.2. The highest BCUT2D eigenvalue weighted by atomic mass is 19.4. The molecule has 0 N–H and O–H groups in total. The summed E-state index contributed by atoms with van der Waals surface area (Å²) in [4.78, 5) is 0. The molecule has 0 radical (unpaired) electrons. The summed E-state index contributed by atoms with van der Waals surface area (Å²) < 4.78 is 67.0. The maximum atomic E-state index is 14.2. The second-order valence-corrected chi connectivity index (χ2v) is 6.07. The summed E-state index contributed by atoms with van der Waals surface area (Å²) >= 11 is 0. The van der Waals surface area contributed by atoms with Gasteiger partial charge in [0, 0.05) is 0 Å². The summed E-state index contributed by atoms with van der Waals surface area (Å²) in [6, 6.07) is 0. The van der Waals surface area contributed by atoms with E-state index in [-0.39, 0.29) is 12.3 Å². The average molecular weight is 320 g/mol. The lowest BCUT2D eigenvalue weighted by Gasteiger charge is -2.43. The Morgan fingerprint density at radius 2 is 1.86 bits per heavy atom. The van der Waals surface area contributed by atoms with Crippen LogP contribution in [-0.4, -0.2) is 12.9 Å². The Hall–Kier alpha value is -1.13. The first-order valence-electron chi connectivity index (χ1n) is 7.75. The predicted octanol–water partition coefficient (Wildman–Crippen LogP) is 6.07. The molecule has 124 valence electrons. The Kier molecular flexibility index (Phi) is 5.45. The van der Waals surface area contributed by atoms with E-state index in [1.807, 2.05) is 6.08 Å². The third-order valence-corrected chi connectivity index (χ3v) is 4.78. The molecular formula is C17H21F5. The van der Waals surface area contributed by atoms with Crippen molar-refractivity contribution in [2.24, 2.45) is 17.3 Å². The van der Waals surface area contributed by atoms with Crippen molar-refractivity contribution < 1.29 is 22.0 Å². The predicted molar refractivity (Wildman–Crippen MR) is 76.6 cm³/mol. The third kappa shape index (κ3) is 3.28. The van der Waals surface area contributed by atoms with Gasteiger partial charge in [0.05, 0.1) is 6.67 Å². The van der Waals surface area contributed by atoms with E-state index in [0.717, 1.165) is 12.2 Å². The van der Waals surface area contributed by atoms with Gasteiger partial charge in [-0.3, -0.25) is 4.39 Å². The van der Waals surface area contributed by atoms with Crippen molar-refractivity contribution in [3.8, 4) is 0 Å². The molecule has 2 rings (SSSR count). The van der Waals surface area contributed by atoms with Crippen LogP contribution in [0.15, 0.2) is 36.2 Å². The number of hydrogen-bond donors (Lipinski definition) is 0. The summed E-state index contributed by atoms with van der Waals surface area (Å²) in [5.41, 5.74) is -2.45. The smallest absolute Gasteiger partial charge is 0.251 e. The second kappa shape index (κ2) is 6.97. The highest BCUT2D eigenvalue weighted by Crippen LogP contribution is 2.57. The summed E-state index contributed by atoms with van der Waals surface area (Å²) in [7, 11) is 0. The van der Waals surface area contributed by atoms with Crippen LogP contribution >= 0.6 is 0 Å². The summed E-state index contributed by atoms with van der Waals surface area (Å²) in [5, 5.41) is 0. The number of rotatable bonds is 4. The minimum atomic E-state index is -4.62. The highest BCUT2D eigenvalue weighted by Gasteiger charge is 2.61. The van der Waals surface area contributed by atoms with E-state index in [9.17, 15) is 22.0 Å². The minimum absolute atomic E-state index is 0.174. The van der Waals surface area contributed by atoms with Gasteiger partial charge in [-0.05, 0) is 56.4 Å². The first kappa shape index (κ1) is 17.2. The number of halogens is 5. The topological polar surface area (TPSA) is 0 Å². The number of hydrogen-bond acceptors (Lipinski definition) is 0. The molecule has 0 aromatic heterocycles. The molecule has 0 saturated heterocycles. The fraction of sp³-hybridized carbons (Fsp3) is 0.647. The molecule has 22 heavy (non-hydrogen) atoms. The lowest BCUT2D eigenvalue weighted by atomic mass is 9.64. The lowest BCUT2D eigenvalue weighted by Crippen LogP contribution is -2.45. The van der Waals surface area contributed by atoms with Crippen molar-refractivity contribution in [1.29, 1.82) is 0 Å². The molecule has 2 aliphatic rings. The molecule has 1 fully saturated rings. The zero-order chi connectivity index (χ0) is 16.2. The van der Waals surface area contributed by atoms with E-state index < -0.39 is 30.0 Å². The number of allylic oxidation sites excluding steroid dienone is 6. The molecule has 1 unspecified atom stereocenters. The van der Waals surface area contributed by atoms with Gasteiger partial charge in [-0.1, -0.05) is 24.3 Å². The summed E-state index contributed by atoms with van der Waals surface area (Å²) in [5.74, 6) is -1.64. The first-order chi connectivity index (χ1) is 10.4. The van der Waals surface area contributed by atoms with Crippen LogP contribution in [-0.2, 0) is 0 Å². The lowest BCUT2D eigenvalue weighted by molar-refractivity contribution is -0.219. The molecule has 0 heterocycles. The zero-order valence-electron chi connectivity index (χ0n) is 12.4. The first-order valence-corrected chi connectivity index (χ1v) is 7.75.